The number of aromatic nitrogens is 2. The zero-order chi connectivity index (χ0) is 16.1. The third kappa shape index (κ3) is 4.35. The minimum Gasteiger partial charge on any atom is -0.383 e. The van der Waals surface area contributed by atoms with Crippen molar-refractivity contribution in [2.24, 2.45) is 7.05 Å². The van der Waals surface area contributed by atoms with Gasteiger partial charge >= 0.3 is 0 Å². The average Bonchev–Trinajstić information content (AvgIpc) is 2.87. The Bertz CT molecular complexity index is 615. The average molecular weight is 309 g/mol. The fourth-order valence-electron chi connectivity index (χ4n) is 2.39. The number of ether oxygens (including phenoxy) is 1. The molecule has 120 valence electrons. The highest BCUT2D eigenvalue weighted by atomic mass is 19.1. The second kappa shape index (κ2) is 7.47. The van der Waals surface area contributed by atoms with Crippen molar-refractivity contribution in [3.63, 3.8) is 0 Å². The van der Waals surface area contributed by atoms with E-state index in [1.165, 1.54) is 6.07 Å². The summed E-state index contributed by atoms with van der Waals surface area (Å²) < 4.78 is 34.1. The predicted octanol–water partition coefficient (Wildman–Crippen LogP) is 2.74. The number of methoxy groups -OCH3 is 1. The summed E-state index contributed by atoms with van der Waals surface area (Å²) >= 11 is 0. The molecule has 0 fully saturated rings. The summed E-state index contributed by atoms with van der Waals surface area (Å²) in [6.45, 7) is 3.41. The molecule has 0 bridgehead atoms. The number of halogens is 2. The molecule has 0 radical (unpaired) electrons. The van der Waals surface area contributed by atoms with Crippen molar-refractivity contribution in [3.8, 4) is 0 Å². The van der Waals surface area contributed by atoms with Crippen molar-refractivity contribution in [2.45, 2.75) is 26.1 Å². The van der Waals surface area contributed by atoms with E-state index in [2.05, 4.69) is 5.10 Å². The molecule has 0 amide bonds. The van der Waals surface area contributed by atoms with Crippen LogP contribution >= 0.6 is 0 Å². The molecule has 0 N–H and O–H groups in total. The Labute approximate surface area is 129 Å². The lowest BCUT2D eigenvalue weighted by Gasteiger charge is -2.28. The first-order chi connectivity index (χ1) is 10.5. The molecule has 1 aromatic heterocycles. The first-order valence-electron chi connectivity index (χ1n) is 7.14. The van der Waals surface area contributed by atoms with Gasteiger partial charge in [-0.2, -0.15) is 5.10 Å². The molecule has 1 aromatic carbocycles. The van der Waals surface area contributed by atoms with E-state index in [1.807, 2.05) is 25.1 Å². The maximum atomic E-state index is 13.9. The maximum absolute atomic E-state index is 13.9. The Hall–Kier alpha value is -1.79. The zero-order valence-electron chi connectivity index (χ0n) is 13.1. The second-order valence-corrected chi connectivity index (χ2v) is 5.47. The summed E-state index contributed by atoms with van der Waals surface area (Å²) in [5.74, 6) is -0.834. The van der Waals surface area contributed by atoms with Crippen molar-refractivity contribution in [3.05, 3.63) is 53.4 Å². The Morgan fingerprint density at radius 2 is 2.09 bits per heavy atom. The Kier molecular flexibility index (Phi) is 5.63. The molecule has 2 aromatic rings. The van der Waals surface area contributed by atoms with Gasteiger partial charge in [0.25, 0.3) is 0 Å². The van der Waals surface area contributed by atoms with Crippen LogP contribution in [0.3, 0.4) is 0 Å². The van der Waals surface area contributed by atoms with E-state index in [0.717, 1.165) is 17.7 Å². The molecule has 2 rings (SSSR count). The number of hydrogen-bond donors (Lipinski definition) is 0. The van der Waals surface area contributed by atoms with E-state index >= 15 is 0 Å². The lowest BCUT2D eigenvalue weighted by atomic mass is 10.1. The smallest absolute Gasteiger partial charge is 0.127 e. The topological polar surface area (TPSA) is 30.3 Å². The lowest BCUT2D eigenvalue weighted by Crippen LogP contribution is -2.35. The van der Waals surface area contributed by atoms with Gasteiger partial charge < -0.3 is 4.74 Å². The van der Waals surface area contributed by atoms with Crippen LogP contribution in [0.25, 0.3) is 0 Å². The summed E-state index contributed by atoms with van der Waals surface area (Å²) in [6.07, 6.45) is 3.68. The van der Waals surface area contributed by atoms with Crippen molar-refractivity contribution in [1.29, 1.82) is 0 Å². The molecule has 0 aliphatic carbocycles. The molecule has 22 heavy (non-hydrogen) atoms. The highest BCUT2D eigenvalue weighted by Gasteiger charge is 2.17. The van der Waals surface area contributed by atoms with Crippen LogP contribution in [0.4, 0.5) is 8.78 Å². The van der Waals surface area contributed by atoms with E-state index < -0.39 is 11.6 Å². The molecular weight excluding hydrogens is 288 g/mol. The molecule has 1 heterocycles. The predicted molar refractivity (Wildman–Crippen MR) is 80.2 cm³/mol. The Morgan fingerprint density at radius 1 is 1.32 bits per heavy atom. The summed E-state index contributed by atoms with van der Waals surface area (Å²) in [4.78, 5) is 2.04. The molecular formula is C16H21F2N3O. The normalized spacial score (nSPS) is 12.8. The molecule has 0 aliphatic heterocycles. The van der Waals surface area contributed by atoms with Crippen molar-refractivity contribution in [1.82, 2.24) is 14.7 Å². The number of nitrogens with zero attached hydrogens (tertiary/aromatic N) is 3. The SMILES string of the molecule is COCC(C)N(Cc1cnn(C)c1)Cc1cc(F)ccc1F. The largest absolute Gasteiger partial charge is 0.383 e. The number of hydrogen-bond acceptors (Lipinski definition) is 3. The van der Waals surface area contributed by atoms with Crippen LogP contribution < -0.4 is 0 Å². The molecule has 0 saturated carbocycles. The van der Waals surface area contributed by atoms with Gasteiger partial charge in [-0.05, 0) is 25.1 Å². The van der Waals surface area contributed by atoms with Crippen molar-refractivity contribution in [2.75, 3.05) is 13.7 Å². The van der Waals surface area contributed by atoms with Gasteiger partial charge in [0.15, 0.2) is 0 Å². The molecule has 0 saturated heterocycles. The molecule has 1 atom stereocenters. The van der Waals surface area contributed by atoms with E-state index in [0.29, 0.717) is 25.3 Å². The number of benzene rings is 1. The minimum absolute atomic E-state index is 0.0628. The van der Waals surface area contributed by atoms with Crippen molar-refractivity contribution >= 4 is 0 Å². The first-order valence-corrected chi connectivity index (χ1v) is 7.14. The maximum Gasteiger partial charge on any atom is 0.127 e. The lowest BCUT2D eigenvalue weighted by molar-refractivity contribution is 0.0886. The van der Waals surface area contributed by atoms with Gasteiger partial charge in [0.2, 0.25) is 0 Å². The van der Waals surface area contributed by atoms with Crippen LogP contribution in [0.1, 0.15) is 18.1 Å². The van der Waals surface area contributed by atoms with Crippen LogP contribution in [-0.2, 0) is 24.9 Å². The third-order valence-corrected chi connectivity index (χ3v) is 3.56. The summed E-state index contributed by atoms with van der Waals surface area (Å²) in [6, 6.07) is 3.59. The van der Waals surface area contributed by atoms with Crippen LogP contribution in [0.2, 0.25) is 0 Å². The van der Waals surface area contributed by atoms with Crippen LogP contribution in [-0.4, -0.2) is 34.4 Å². The fraction of sp³-hybridized carbons (Fsp3) is 0.438. The van der Waals surface area contributed by atoms with E-state index in [4.69, 9.17) is 4.74 Å². The fourth-order valence-corrected chi connectivity index (χ4v) is 2.39. The zero-order valence-corrected chi connectivity index (χ0v) is 13.1. The van der Waals surface area contributed by atoms with Crippen molar-refractivity contribution < 1.29 is 13.5 Å². The second-order valence-electron chi connectivity index (χ2n) is 5.47. The summed E-state index contributed by atoms with van der Waals surface area (Å²) in [7, 11) is 3.47. The van der Waals surface area contributed by atoms with E-state index in [9.17, 15) is 8.78 Å². The van der Waals surface area contributed by atoms with E-state index in [1.54, 1.807) is 18.0 Å². The highest BCUT2D eigenvalue weighted by Crippen LogP contribution is 2.17. The van der Waals surface area contributed by atoms with Gasteiger partial charge in [0, 0.05) is 50.6 Å². The summed E-state index contributed by atoms with van der Waals surface area (Å²) in [5, 5.41) is 4.14. The minimum atomic E-state index is -0.433. The first kappa shape index (κ1) is 16.6. The van der Waals surface area contributed by atoms with Gasteiger partial charge in [0.05, 0.1) is 12.8 Å². The third-order valence-electron chi connectivity index (χ3n) is 3.56. The van der Waals surface area contributed by atoms with E-state index in [-0.39, 0.29) is 6.04 Å². The standard InChI is InChI=1S/C16H21F2N3O/c1-12(11-22-3)21(9-13-7-19-20(2)8-13)10-14-6-15(17)4-5-16(14)18/h4-8,12H,9-11H2,1-3H3. The Morgan fingerprint density at radius 3 is 2.73 bits per heavy atom. The highest BCUT2D eigenvalue weighted by molar-refractivity contribution is 5.19. The van der Waals surface area contributed by atoms with Gasteiger partial charge in [-0.3, -0.25) is 9.58 Å². The van der Waals surface area contributed by atoms with Gasteiger partial charge in [-0.15, -0.1) is 0 Å². The van der Waals surface area contributed by atoms with Gasteiger partial charge in [0.1, 0.15) is 11.6 Å². The summed E-state index contributed by atoms with van der Waals surface area (Å²) in [5.41, 5.74) is 1.36. The quantitative estimate of drug-likeness (QED) is 0.788. The van der Waals surface area contributed by atoms with Crippen LogP contribution in [0.5, 0.6) is 0 Å². The van der Waals surface area contributed by atoms with Gasteiger partial charge in [-0.25, -0.2) is 8.78 Å². The molecule has 1 unspecified atom stereocenters. The molecule has 6 heteroatoms. The monoisotopic (exact) mass is 309 g/mol. The number of rotatable bonds is 7. The molecule has 0 spiro atoms. The molecule has 0 aliphatic rings. The Balaban J connectivity index is 2.18. The number of aryl methyl sites for hydroxylation is 1. The van der Waals surface area contributed by atoms with Crippen LogP contribution in [0.15, 0.2) is 30.6 Å². The van der Waals surface area contributed by atoms with Gasteiger partial charge in [-0.1, -0.05) is 0 Å². The molecule has 4 nitrogen and oxygen atoms in total. The van der Waals surface area contributed by atoms with Crippen LogP contribution in [0, 0.1) is 11.6 Å².